The van der Waals surface area contributed by atoms with Crippen LogP contribution < -0.4 is 10.6 Å². The zero-order chi connectivity index (χ0) is 14.7. The highest BCUT2D eigenvalue weighted by molar-refractivity contribution is 7.15. The summed E-state index contributed by atoms with van der Waals surface area (Å²) in [5, 5.41) is 6.49. The minimum absolute atomic E-state index is 0.185. The van der Waals surface area contributed by atoms with E-state index >= 15 is 0 Å². The van der Waals surface area contributed by atoms with Crippen molar-refractivity contribution in [3.63, 3.8) is 0 Å². The van der Waals surface area contributed by atoms with Crippen molar-refractivity contribution in [1.29, 1.82) is 0 Å². The second-order valence-electron chi connectivity index (χ2n) is 4.11. The van der Waals surface area contributed by atoms with Crippen LogP contribution in [0, 0.1) is 6.92 Å². The maximum atomic E-state index is 12.2. The van der Waals surface area contributed by atoms with Gasteiger partial charge in [0.2, 0.25) is 0 Å². The highest BCUT2D eigenvalue weighted by atomic mass is 35.5. The normalized spacial score (nSPS) is 10.4. The number of carbonyl (C=O) groups is 1. The van der Waals surface area contributed by atoms with E-state index in [4.69, 9.17) is 11.6 Å². The van der Waals surface area contributed by atoms with Crippen molar-refractivity contribution in [2.75, 3.05) is 17.7 Å². The quantitative estimate of drug-likeness (QED) is 0.908. The fourth-order valence-corrected chi connectivity index (χ4v) is 2.79. The van der Waals surface area contributed by atoms with Gasteiger partial charge in [0.15, 0.2) is 5.13 Å². The molecule has 0 aliphatic heterocycles. The summed E-state index contributed by atoms with van der Waals surface area (Å²) < 4.78 is 0. The summed E-state index contributed by atoms with van der Waals surface area (Å²) in [4.78, 5) is 21.8. The van der Waals surface area contributed by atoms with Crippen LogP contribution in [0.4, 0.5) is 10.9 Å². The standard InChI is InChI=1S/C13H15ClN4OS/c1-4-9-7(2)20-13(16-9)18-12(19)11-8(14)5-6-10(15-3)17-11/h5-6H,4H2,1-3H3,(H,15,17)(H,16,18,19). The molecule has 5 nitrogen and oxygen atoms in total. The fourth-order valence-electron chi connectivity index (χ4n) is 1.71. The molecule has 2 aromatic heterocycles. The molecule has 1 amide bonds. The van der Waals surface area contributed by atoms with Crippen molar-refractivity contribution in [3.8, 4) is 0 Å². The van der Waals surface area contributed by atoms with Gasteiger partial charge in [0.25, 0.3) is 5.91 Å². The third kappa shape index (κ3) is 3.08. The fraction of sp³-hybridized carbons (Fsp3) is 0.308. The van der Waals surface area contributed by atoms with Gasteiger partial charge in [0.05, 0.1) is 10.7 Å². The molecule has 0 saturated carbocycles. The molecule has 2 N–H and O–H groups in total. The summed E-state index contributed by atoms with van der Waals surface area (Å²) in [6.45, 7) is 4.02. The molecule has 2 aromatic rings. The number of rotatable bonds is 4. The highest BCUT2D eigenvalue weighted by Crippen LogP contribution is 2.24. The van der Waals surface area contributed by atoms with E-state index in [9.17, 15) is 4.79 Å². The van der Waals surface area contributed by atoms with E-state index in [1.807, 2.05) is 13.8 Å². The molecule has 0 saturated heterocycles. The number of aromatic nitrogens is 2. The van der Waals surface area contributed by atoms with Gasteiger partial charge >= 0.3 is 0 Å². The predicted octanol–water partition coefficient (Wildman–Crippen LogP) is 3.36. The van der Waals surface area contributed by atoms with E-state index in [1.165, 1.54) is 11.3 Å². The smallest absolute Gasteiger partial charge is 0.277 e. The average Bonchev–Trinajstić information content (AvgIpc) is 2.79. The van der Waals surface area contributed by atoms with Crippen molar-refractivity contribution in [1.82, 2.24) is 9.97 Å². The lowest BCUT2D eigenvalue weighted by molar-refractivity contribution is 0.102. The number of pyridine rings is 1. The number of nitrogens with one attached hydrogen (secondary N) is 2. The second kappa shape index (κ2) is 6.19. The number of anilines is 2. The van der Waals surface area contributed by atoms with Crippen LogP contribution in [0.3, 0.4) is 0 Å². The number of thiazole rings is 1. The number of nitrogens with zero attached hydrogens (tertiary/aromatic N) is 2. The van der Waals surface area contributed by atoms with E-state index in [0.717, 1.165) is 17.0 Å². The number of aryl methyl sites for hydroxylation is 2. The van der Waals surface area contributed by atoms with E-state index < -0.39 is 0 Å². The summed E-state index contributed by atoms with van der Waals surface area (Å²) in [6.07, 6.45) is 0.840. The summed E-state index contributed by atoms with van der Waals surface area (Å²) in [5.41, 5.74) is 1.18. The van der Waals surface area contributed by atoms with Gasteiger partial charge in [-0.2, -0.15) is 0 Å². The van der Waals surface area contributed by atoms with E-state index in [1.54, 1.807) is 19.2 Å². The van der Waals surface area contributed by atoms with Crippen LogP contribution in [0.25, 0.3) is 0 Å². The number of amides is 1. The van der Waals surface area contributed by atoms with Crippen LogP contribution >= 0.6 is 22.9 Å². The van der Waals surface area contributed by atoms with Crippen LogP contribution in [0.5, 0.6) is 0 Å². The molecule has 20 heavy (non-hydrogen) atoms. The topological polar surface area (TPSA) is 66.9 Å². The first kappa shape index (κ1) is 14.7. The molecule has 0 spiro atoms. The maximum Gasteiger partial charge on any atom is 0.277 e. The van der Waals surface area contributed by atoms with Crippen molar-refractivity contribution in [2.24, 2.45) is 0 Å². The van der Waals surface area contributed by atoms with E-state index in [2.05, 4.69) is 20.6 Å². The third-order valence-corrected chi connectivity index (χ3v) is 4.00. The molecule has 0 unspecified atom stereocenters. The van der Waals surface area contributed by atoms with Gasteiger partial charge in [-0.3, -0.25) is 10.1 Å². The van der Waals surface area contributed by atoms with Gasteiger partial charge in [0.1, 0.15) is 11.5 Å². The molecule has 0 atom stereocenters. The Morgan fingerprint density at radius 3 is 2.75 bits per heavy atom. The van der Waals surface area contributed by atoms with Crippen molar-refractivity contribution >= 4 is 39.8 Å². The van der Waals surface area contributed by atoms with E-state index in [-0.39, 0.29) is 11.6 Å². The number of carbonyl (C=O) groups excluding carboxylic acids is 1. The number of halogens is 1. The van der Waals surface area contributed by atoms with Gasteiger partial charge < -0.3 is 5.32 Å². The molecule has 7 heteroatoms. The molecule has 0 radical (unpaired) electrons. The Hall–Kier alpha value is -1.66. The molecule has 106 valence electrons. The zero-order valence-electron chi connectivity index (χ0n) is 11.5. The average molecular weight is 311 g/mol. The molecular weight excluding hydrogens is 296 g/mol. The number of hydrogen-bond acceptors (Lipinski definition) is 5. The SMILES string of the molecule is CCc1nc(NC(=O)c2nc(NC)ccc2Cl)sc1C. The predicted molar refractivity (Wildman–Crippen MR) is 83.0 cm³/mol. The molecule has 0 aliphatic carbocycles. The summed E-state index contributed by atoms with van der Waals surface area (Å²) >= 11 is 7.46. The lowest BCUT2D eigenvalue weighted by atomic mass is 10.3. The Morgan fingerprint density at radius 2 is 2.15 bits per heavy atom. The summed E-state index contributed by atoms with van der Waals surface area (Å²) in [7, 11) is 1.73. The van der Waals surface area contributed by atoms with Crippen LogP contribution in [-0.2, 0) is 6.42 Å². The van der Waals surface area contributed by atoms with E-state index in [0.29, 0.717) is 16.0 Å². The second-order valence-corrected chi connectivity index (χ2v) is 5.72. The molecule has 2 heterocycles. The lowest BCUT2D eigenvalue weighted by Crippen LogP contribution is -2.15. The van der Waals surface area contributed by atoms with Crippen LogP contribution in [0.2, 0.25) is 5.02 Å². The minimum Gasteiger partial charge on any atom is -0.373 e. The monoisotopic (exact) mass is 310 g/mol. The van der Waals surface area contributed by atoms with Crippen LogP contribution in [-0.4, -0.2) is 22.9 Å². The van der Waals surface area contributed by atoms with Gasteiger partial charge in [0, 0.05) is 11.9 Å². The van der Waals surface area contributed by atoms with Gasteiger partial charge in [-0.1, -0.05) is 18.5 Å². The Labute approximate surface area is 126 Å². The van der Waals surface area contributed by atoms with Crippen LogP contribution in [0.15, 0.2) is 12.1 Å². The first-order valence-electron chi connectivity index (χ1n) is 6.17. The highest BCUT2D eigenvalue weighted by Gasteiger charge is 2.15. The maximum absolute atomic E-state index is 12.2. The van der Waals surface area contributed by atoms with Gasteiger partial charge in [-0.05, 0) is 25.5 Å². The zero-order valence-corrected chi connectivity index (χ0v) is 13.0. The third-order valence-electron chi connectivity index (χ3n) is 2.77. The van der Waals surface area contributed by atoms with Crippen molar-refractivity contribution in [3.05, 3.63) is 33.4 Å². The molecule has 0 aromatic carbocycles. The van der Waals surface area contributed by atoms with Crippen LogP contribution in [0.1, 0.15) is 28.0 Å². The minimum atomic E-state index is -0.358. The molecule has 2 rings (SSSR count). The first-order valence-corrected chi connectivity index (χ1v) is 7.36. The Balaban J connectivity index is 2.23. The number of hydrogen-bond donors (Lipinski definition) is 2. The summed E-state index contributed by atoms with van der Waals surface area (Å²) in [6, 6.07) is 3.35. The Bertz CT molecular complexity index is 641. The van der Waals surface area contributed by atoms with Gasteiger partial charge in [-0.25, -0.2) is 9.97 Å². The summed E-state index contributed by atoms with van der Waals surface area (Å²) in [5.74, 6) is 0.229. The van der Waals surface area contributed by atoms with Gasteiger partial charge in [-0.15, -0.1) is 11.3 Å². The Kier molecular flexibility index (Phi) is 4.57. The lowest BCUT2D eigenvalue weighted by Gasteiger charge is -2.05. The molecule has 0 fully saturated rings. The van der Waals surface area contributed by atoms with Crippen molar-refractivity contribution in [2.45, 2.75) is 20.3 Å². The van der Waals surface area contributed by atoms with Crippen molar-refractivity contribution < 1.29 is 4.79 Å². The first-order chi connectivity index (χ1) is 9.55. The molecule has 0 bridgehead atoms. The molecular formula is C13H15ClN4OS. The largest absolute Gasteiger partial charge is 0.373 e. The Morgan fingerprint density at radius 1 is 1.40 bits per heavy atom. The molecule has 0 aliphatic rings.